The Hall–Kier alpha value is -2.89. The maximum absolute atomic E-state index is 12.9. The predicted octanol–water partition coefficient (Wildman–Crippen LogP) is 23.5. The highest BCUT2D eigenvalue weighted by Crippen LogP contribution is 2.18. The van der Waals surface area contributed by atoms with E-state index in [4.69, 9.17) is 14.2 Å². The Kier molecular flexibility index (Phi) is 64.2. The lowest BCUT2D eigenvalue weighted by molar-refractivity contribution is -0.167. The maximum Gasteiger partial charge on any atom is 0.306 e. The van der Waals surface area contributed by atoms with Gasteiger partial charge in [0.15, 0.2) is 6.10 Å². The fourth-order valence-corrected chi connectivity index (χ4v) is 10.2. The molecule has 1 unspecified atom stereocenters. The third kappa shape index (κ3) is 63.9. The summed E-state index contributed by atoms with van der Waals surface area (Å²) >= 11 is 0. The quantitative estimate of drug-likeness (QED) is 0.0261. The van der Waals surface area contributed by atoms with Crippen molar-refractivity contribution < 1.29 is 28.6 Å². The van der Waals surface area contributed by atoms with Crippen LogP contribution in [0.5, 0.6) is 0 Å². The predicted molar refractivity (Wildman–Crippen MR) is 339 cm³/mol. The van der Waals surface area contributed by atoms with E-state index in [1.807, 2.05) is 0 Å². The van der Waals surface area contributed by atoms with Gasteiger partial charge in [0.25, 0.3) is 0 Å². The molecule has 0 spiro atoms. The van der Waals surface area contributed by atoms with Crippen LogP contribution in [0.2, 0.25) is 0 Å². The van der Waals surface area contributed by atoms with Crippen molar-refractivity contribution in [3.05, 3.63) is 60.8 Å². The van der Waals surface area contributed by atoms with Gasteiger partial charge >= 0.3 is 17.9 Å². The normalized spacial score (nSPS) is 12.4. The summed E-state index contributed by atoms with van der Waals surface area (Å²) in [6, 6.07) is 0. The third-order valence-corrected chi connectivity index (χ3v) is 15.3. The highest BCUT2D eigenvalue weighted by atomic mass is 16.6. The lowest BCUT2D eigenvalue weighted by Gasteiger charge is -2.18. The molecule has 0 aromatic heterocycles. The Labute approximate surface area is 485 Å². The van der Waals surface area contributed by atoms with Gasteiger partial charge in [0.2, 0.25) is 0 Å². The van der Waals surface area contributed by atoms with E-state index in [9.17, 15) is 14.4 Å². The van der Waals surface area contributed by atoms with Crippen LogP contribution in [0.15, 0.2) is 60.8 Å². The molecule has 454 valence electrons. The number of carbonyl (C=O) groups is 3. The highest BCUT2D eigenvalue weighted by Gasteiger charge is 2.19. The second kappa shape index (κ2) is 66.6. The number of hydrogen-bond acceptors (Lipinski definition) is 6. The summed E-state index contributed by atoms with van der Waals surface area (Å²) in [6.45, 7) is 6.59. The van der Waals surface area contributed by atoms with E-state index >= 15 is 0 Å². The number of carbonyl (C=O) groups excluding carboxylic acids is 3. The molecule has 0 N–H and O–H groups in total. The van der Waals surface area contributed by atoms with Gasteiger partial charge in [0.05, 0.1) is 0 Å². The summed E-state index contributed by atoms with van der Waals surface area (Å²) in [5.41, 5.74) is 0. The zero-order valence-electron chi connectivity index (χ0n) is 52.2. The molecule has 0 heterocycles. The van der Waals surface area contributed by atoms with Crippen LogP contribution in [0.25, 0.3) is 0 Å². The van der Waals surface area contributed by atoms with Crippen LogP contribution >= 0.6 is 0 Å². The number of allylic oxidation sites excluding steroid dienone is 10. The molecule has 0 amide bonds. The van der Waals surface area contributed by atoms with Crippen LogP contribution in [-0.4, -0.2) is 37.2 Å². The third-order valence-electron chi connectivity index (χ3n) is 15.3. The Morgan fingerprint density at radius 2 is 0.500 bits per heavy atom. The van der Waals surface area contributed by atoms with E-state index in [-0.39, 0.29) is 31.1 Å². The molecule has 0 rings (SSSR count). The zero-order valence-corrected chi connectivity index (χ0v) is 52.2. The molecule has 0 aliphatic heterocycles. The lowest BCUT2D eigenvalue weighted by Crippen LogP contribution is -2.30. The van der Waals surface area contributed by atoms with Gasteiger partial charge in [-0.3, -0.25) is 14.4 Å². The van der Waals surface area contributed by atoms with Gasteiger partial charge in [0.1, 0.15) is 13.2 Å². The number of rotatable bonds is 63. The average molecular weight is 1090 g/mol. The van der Waals surface area contributed by atoms with Crippen molar-refractivity contribution in [2.45, 2.75) is 367 Å². The van der Waals surface area contributed by atoms with Crippen LogP contribution < -0.4 is 0 Å². The molecule has 0 saturated heterocycles. The van der Waals surface area contributed by atoms with Gasteiger partial charge < -0.3 is 14.2 Å². The maximum atomic E-state index is 12.9. The number of esters is 3. The molecule has 0 aliphatic carbocycles. The molecule has 0 aliphatic rings. The second-order valence-corrected chi connectivity index (χ2v) is 23.1. The first kappa shape index (κ1) is 75.1. The van der Waals surface area contributed by atoms with Gasteiger partial charge in [-0.05, 0) is 64.2 Å². The minimum atomic E-state index is -0.777. The van der Waals surface area contributed by atoms with Gasteiger partial charge in [0, 0.05) is 19.3 Å². The molecular weight excluding hydrogens is 961 g/mol. The topological polar surface area (TPSA) is 78.9 Å². The first-order chi connectivity index (χ1) is 38.5. The average Bonchev–Trinajstić information content (AvgIpc) is 3.44. The van der Waals surface area contributed by atoms with E-state index < -0.39 is 6.10 Å². The molecule has 0 aromatic rings. The first-order valence-electron chi connectivity index (χ1n) is 34.3. The van der Waals surface area contributed by atoms with Gasteiger partial charge in [-0.2, -0.15) is 0 Å². The van der Waals surface area contributed by atoms with Crippen LogP contribution in [0.3, 0.4) is 0 Å². The van der Waals surface area contributed by atoms with Crippen molar-refractivity contribution in [1.29, 1.82) is 0 Å². The van der Waals surface area contributed by atoms with Crippen molar-refractivity contribution in [2.24, 2.45) is 0 Å². The summed E-state index contributed by atoms with van der Waals surface area (Å²) in [5, 5.41) is 0. The van der Waals surface area contributed by atoms with E-state index in [1.165, 1.54) is 225 Å². The lowest BCUT2D eigenvalue weighted by atomic mass is 10.0. The Morgan fingerprint density at radius 3 is 0.782 bits per heavy atom. The van der Waals surface area contributed by atoms with E-state index in [1.54, 1.807) is 0 Å². The van der Waals surface area contributed by atoms with Gasteiger partial charge in [-0.1, -0.05) is 338 Å². The molecule has 6 heteroatoms. The van der Waals surface area contributed by atoms with E-state index in [0.717, 1.165) is 96.3 Å². The SMILES string of the molecule is CC/C=C\C/C=C\C/C=C\C/C=C\C/C=C\CCCCCCCCCC(=O)OCC(COC(=O)CCCCCCCCCCCCCCCCCCCC)OC(=O)CCCCCCCCCCCCCCCCCCCCC. The second-order valence-electron chi connectivity index (χ2n) is 23.1. The molecule has 0 saturated carbocycles. The van der Waals surface area contributed by atoms with Crippen molar-refractivity contribution in [2.75, 3.05) is 13.2 Å². The minimum absolute atomic E-state index is 0.0722. The molecular formula is C72H130O6. The monoisotopic (exact) mass is 1090 g/mol. The summed E-state index contributed by atoms with van der Waals surface area (Å²) in [7, 11) is 0. The number of hydrogen-bond donors (Lipinski definition) is 0. The Morgan fingerprint density at radius 1 is 0.269 bits per heavy atom. The van der Waals surface area contributed by atoms with Crippen molar-refractivity contribution in [1.82, 2.24) is 0 Å². The minimum Gasteiger partial charge on any atom is -0.462 e. The molecule has 0 aromatic carbocycles. The standard InChI is InChI=1S/C72H130O6/c1-4-7-10-13-16-19-22-25-28-31-34-35-36-37-39-41-44-47-50-53-56-59-62-65-71(74)77-68-69(67-76-70(73)64-61-58-55-52-49-46-43-40-33-30-27-24-21-18-15-12-9-6-3)78-72(75)66-63-60-57-54-51-48-45-42-38-32-29-26-23-20-17-14-11-8-5-2/h7,10,16,19,25,28,34-35,37,39,69H,4-6,8-9,11-15,17-18,20-24,26-27,29-33,36,38,40-68H2,1-3H3/b10-7-,19-16-,28-25-,35-34-,39-37-. The largest absolute Gasteiger partial charge is 0.462 e. The fraction of sp³-hybridized carbons (Fsp3) is 0.819. The Bertz CT molecular complexity index is 1390. The number of unbranched alkanes of at least 4 members (excludes halogenated alkanes) is 42. The van der Waals surface area contributed by atoms with E-state index in [0.29, 0.717) is 19.3 Å². The summed E-state index contributed by atoms with van der Waals surface area (Å²) in [5.74, 6) is -0.857. The highest BCUT2D eigenvalue weighted by molar-refractivity contribution is 5.71. The summed E-state index contributed by atoms with van der Waals surface area (Å²) in [6.07, 6.45) is 85.2. The van der Waals surface area contributed by atoms with Crippen molar-refractivity contribution >= 4 is 17.9 Å². The summed E-state index contributed by atoms with van der Waals surface area (Å²) < 4.78 is 17.0. The van der Waals surface area contributed by atoms with E-state index in [2.05, 4.69) is 81.5 Å². The molecule has 0 radical (unpaired) electrons. The first-order valence-corrected chi connectivity index (χ1v) is 34.3. The summed E-state index contributed by atoms with van der Waals surface area (Å²) in [4.78, 5) is 38.4. The Balaban J connectivity index is 4.35. The molecule has 78 heavy (non-hydrogen) atoms. The molecule has 6 nitrogen and oxygen atoms in total. The van der Waals surface area contributed by atoms with Crippen LogP contribution in [0.4, 0.5) is 0 Å². The molecule has 0 fully saturated rings. The van der Waals surface area contributed by atoms with Crippen molar-refractivity contribution in [3.8, 4) is 0 Å². The smallest absolute Gasteiger partial charge is 0.306 e. The van der Waals surface area contributed by atoms with Crippen molar-refractivity contribution in [3.63, 3.8) is 0 Å². The van der Waals surface area contributed by atoms with Crippen LogP contribution in [0.1, 0.15) is 361 Å². The van der Waals surface area contributed by atoms with Gasteiger partial charge in [-0.25, -0.2) is 0 Å². The molecule has 1 atom stereocenters. The van der Waals surface area contributed by atoms with Crippen LogP contribution in [-0.2, 0) is 28.6 Å². The fourth-order valence-electron chi connectivity index (χ4n) is 10.2. The molecule has 0 bridgehead atoms. The van der Waals surface area contributed by atoms with Crippen LogP contribution in [0, 0.1) is 0 Å². The van der Waals surface area contributed by atoms with Gasteiger partial charge in [-0.15, -0.1) is 0 Å². The number of ether oxygens (including phenoxy) is 3. The zero-order chi connectivity index (χ0) is 56.4.